The zero-order chi connectivity index (χ0) is 55.1. The number of methoxy groups -OCH3 is 2. The van der Waals surface area contributed by atoms with Crippen LogP contribution >= 0.6 is 11.6 Å². The molecule has 3 aromatic rings. The maximum Gasteiger partial charge on any atom is 0.409 e. The van der Waals surface area contributed by atoms with E-state index in [0.717, 1.165) is 32.6 Å². The summed E-state index contributed by atoms with van der Waals surface area (Å²) in [6, 6.07) is 12.1. The van der Waals surface area contributed by atoms with Crippen LogP contribution in [0.3, 0.4) is 0 Å². The molecule has 6 rings (SSSR count). The highest BCUT2D eigenvalue weighted by Gasteiger charge is 2.62. The van der Waals surface area contributed by atoms with Crippen LogP contribution in [0.1, 0.15) is 64.6 Å². The number of para-hydroxylation sites is 1. The summed E-state index contributed by atoms with van der Waals surface area (Å²) in [4.78, 5) is 83.2. The number of esters is 1. The van der Waals surface area contributed by atoms with Gasteiger partial charge in [0.25, 0.3) is 11.8 Å². The smallest absolute Gasteiger partial charge is 0.409 e. The average molecular weight is 1070 g/mol. The molecule has 0 unspecified atom stereocenters. The van der Waals surface area contributed by atoms with Gasteiger partial charge in [0.05, 0.1) is 25.8 Å². The maximum absolute atomic E-state index is 14.4. The van der Waals surface area contributed by atoms with E-state index >= 15 is 0 Å². The summed E-state index contributed by atoms with van der Waals surface area (Å²) < 4.78 is 25.3. The highest BCUT2D eigenvalue weighted by molar-refractivity contribution is 6.35. The van der Waals surface area contributed by atoms with Gasteiger partial charge in [-0.15, -0.1) is 0 Å². The van der Waals surface area contributed by atoms with Gasteiger partial charge < -0.3 is 59.3 Å². The molecule has 3 heterocycles. The molecule has 0 spiro atoms. The number of aliphatic hydroxyl groups is 3. The van der Waals surface area contributed by atoms with Crippen molar-refractivity contribution in [2.75, 3.05) is 60.4 Å². The molecule has 1 saturated heterocycles. The number of hydrogen-bond acceptors (Lipinski definition) is 15. The summed E-state index contributed by atoms with van der Waals surface area (Å²) >= 11 is 6.82. The Morgan fingerprint density at radius 1 is 1.04 bits per heavy atom. The van der Waals surface area contributed by atoms with E-state index in [2.05, 4.69) is 32.0 Å². The van der Waals surface area contributed by atoms with Gasteiger partial charge in [0.15, 0.2) is 17.9 Å². The molecule has 22 heteroatoms. The predicted octanol–water partition coefficient (Wildman–Crippen LogP) is 2.95. The van der Waals surface area contributed by atoms with Gasteiger partial charge in [0.2, 0.25) is 11.8 Å². The standard InChI is InChI=1S/C53H73ClN8O13/c1-30-14-13-17-41(73-10)53(71)28-40(74-51(70)58-53)31(2)36-27-52(36,4)42(26-44(64)61(8)38-23-33(22-30)24-39(72-9)45(38)54)75-50(69)32(3)60(7)49(68)47(66)46(65)48(67)57-20-19-56-43(63)18-21-62-35(29-59(6)55-5)25-34-15-11-12-16-37(34)62/h11-17,23-25,31-32,36,40-42,46-47,55,65-66,71H,18-22,26-29H2,1-10H3,(H,56,63)(H,57,67)(H,58,70)/b17-13+,30-14+/t31-,32-,36-,40-,41+,42-,46+,47-,52-,53-/m0/s1. The molecule has 0 radical (unpaired) electrons. The number of allylic oxidation sites excluding steroid dienone is 3. The normalized spacial score (nSPS) is 26.4. The number of nitrogens with one attached hydrogen (secondary N) is 4. The number of anilines is 1. The Morgan fingerprint density at radius 2 is 1.75 bits per heavy atom. The monoisotopic (exact) mass is 1060 g/mol. The zero-order valence-corrected chi connectivity index (χ0v) is 45.1. The minimum atomic E-state index is -2.30. The molecule has 2 fully saturated rings. The molecule has 21 nitrogen and oxygen atoms in total. The van der Waals surface area contributed by atoms with Crippen molar-refractivity contribution in [2.45, 2.75) is 115 Å². The fourth-order valence-electron chi connectivity index (χ4n) is 10.0. The second kappa shape index (κ2) is 24.7. The number of aryl methyl sites for hydroxylation is 1. The maximum atomic E-state index is 14.4. The van der Waals surface area contributed by atoms with Gasteiger partial charge in [-0.05, 0) is 80.8 Å². The first kappa shape index (κ1) is 58.2. The molecular formula is C53H73ClN8O13. The zero-order valence-electron chi connectivity index (χ0n) is 44.3. The van der Waals surface area contributed by atoms with Gasteiger partial charge >= 0.3 is 12.1 Å². The number of rotatable bonds is 17. The fraction of sp³-hybridized carbons (Fsp3) is 0.547. The molecule has 1 aliphatic carbocycles. The van der Waals surface area contributed by atoms with Crippen LogP contribution in [0.4, 0.5) is 10.5 Å². The number of hydrogen-bond donors (Lipinski definition) is 7. The van der Waals surface area contributed by atoms with Crippen molar-refractivity contribution in [1.82, 2.24) is 35.9 Å². The lowest BCUT2D eigenvalue weighted by atomic mass is 9.83. The van der Waals surface area contributed by atoms with Crippen molar-refractivity contribution in [1.29, 1.82) is 0 Å². The third kappa shape index (κ3) is 13.5. The Balaban J connectivity index is 1.12. The lowest BCUT2D eigenvalue weighted by molar-refractivity contribution is -0.166. The first-order valence-corrected chi connectivity index (χ1v) is 25.4. The van der Waals surface area contributed by atoms with E-state index in [1.807, 2.05) is 70.2 Å². The molecule has 3 aliphatic rings. The number of halogens is 1. The van der Waals surface area contributed by atoms with Gasteiger partial charge in [-0.25, -0.2) is 14.6 Å². The van der Waals surface area contributed by atoms with Crippen molar-refractivity contribution < 1.29 is 63.0 Å². The van der Waals surface area contributed by atoms with Crippen LogP contribution in [-0.4, -0.2) is 163 Å². The SMILES string of the molecule is CNN(C)Cc1cc2ccccc2n1CCC(=O)NCCNC(=O)[C@H](O)[C@H](O)C(=O)N(C)[C@@H](C)C(=O)O[C@H]1CC(=O)N(C)c2cc(cc(OC)c2Cl)C/C(C)=C/C=C/[C@@H](OC)[C@@]2(O)C[C@H](OC(=O)N2)[C@@H](C)[C@@H]2C[C@]12C. The third-order valence-electron chi connectivity index (χ3n) is 15.0. The second-order valence-electron chi connectivity index (χ2n) is 20.1. The largest absolute Gasteiger partial charge is 0.495 e. The number of likely N-dealkylation sites (N-methyl/N-ethyl adjacent to an activating group) is 1. The van der Waals surface area contributed by atoms with Crippen molar-refractivity contribution in [3.8, 4) is 5.75 Å². The molecule has 75 heavy (non-hydrogen) atoms. The number of aromatic nitrogens is 1. The van der Waals surface area contributed by atoms with Gasteiger partial charge in [-0.2, -0.15) is 0 Å². The molecule has 7 N–H and O–H groups in total. The number of nitrogens with zero attached hydrogens (tertiary/aromatic N) is 4. The van der Waals surface area contributed by atoms with Crippen LogP contribution in [0, 0.1) is 17.3 Å². The van der Waals surface area contributed by atoms with Crippen molar-refractivity contribution in [3.63, 3.8) is 0 Å². The van der Waals surface area contributed by atoms with E-state index < -0.39 is 83.4 Å². The molecule has 10 atom stereocenters. The molecule has 410 valence electrons. The van der Waals surface area contributed by atoms with E-state index in [4.69, 9.17) is 30.5 Å². The van der Waals surface area contributed by atoms with Crippen LogP contribution < -0.4 is 31.0 Å². The molecule has 1 aromatic heterocycles. The average Bonchev–Trinajstić information content (AvgIpc) is 3.96. The minimum absolute atomic E-state index is 0.00802. The molecule has 2 aromatic carbocycles. The lowest BCUT2D eigenvalue weighted by Gasteiger charge is -2.42. The highest BCUT2D eigenvalue weighted by atomic mass is 35.5. The predicted molar refractivity (Wildman–Crippen MR) is 279 cm³/mol. The number of aliphatic hydroxyl groups excluding tert-OH is 2. The topological polar surface area (TPSA) is 263 Å². The van der Waals surface area contributed by atoms with Gasteiger partial charge in [-0.1, -0.05) is 67.4 Å². The lowest BCUT2D eigenvalue weighted by Crippen LogP contribution is -2.63. The third-order valence-corrected chi connectivity index (χ3v) is 15.4. The van der Waals surface area contributed by atoms with E-state index in [9.17, 15) is 44.1 Å². The number of fused-ring (bicyclic) bond motifs is 6. The first-order valence-electron chi connectivity index (χ1n) is 25.0. The van der Waals surface area contributed by atoms with E-state index in [0.29, 0.717) is 37.4 Å². The van der Waals surface area contributed by atoms with Gasteiger partial charge in [0.1, 0.15) is 35.1 Å². The number of amides is 5. The Labute approximate surface area is 442 Å². The van der Waals surface area contributed by atoms with E-state index in [1.54, 1.807) is 24.3 Å². The number of carbonyl (C=O) groups excluding carboxylic acids is 6. The first-order chi connectivity index (χ1) is 35.5. The molecule has 1 saturated carbocycles. The number of ether oxygens (including phenoxy) is 4. The Hall–Kier alpha value is -6.07. The van der Waals surface area contributed by atoms with E-state index in [-0.39, 0.29) is 49.2 Å². The summed E-state index contributed by atoms with van der Waals surface area (Å²) in [5.41, 5.74) is 4.28. The second-order valence-corrected chi connectivity index (χ2v) is 20.5. The van der Waals surface area contributed by atoms with Crippen LogP contribution in [0.15, 0.2) is 66.3 Å². The molecule has 2 aliphatic heterocycles. The Morgan fingerprint density at radius 3 is 2.44 bits per heavy atom. The minimum Gasteiger partial charge on any atom is -0.495 e. The van der Waals surface area contributed by atoms with Crippen LogP contribution in [0.5, 0.6) is 5.75 Å². The van der Waals surface area contributed by atoms with Crippen LogP contribution in [0.25, 0.3) is 10.9 Å². The van der Waals surface area contributed by atoms with E-state index in [1.165, 1.54) is 40.1 Å². The summed E-state index contributed by atoms with van der Waals surface area (Å²) in [6.45, 7) is 7.76. The number of hydrazine groups is 1. The molecular weight excluding hydrogens is 992 g/mol. The fourth-order valence-corrected chi connectivity index (χ4v) is 10.3. The number of alkyl carbamates (subject to hydrolysis) is 1. The van der Waals surface area contributed by atoms with Crippen LogP contribution in [0.2, 0.25) is 5.02 Å². The van der Waals surface area contributed by atoms with Gasteiger partial charge in [0, 0.05) is 77.4 Å². The summed E-state index contributed by atoms with van der Waals surface area (Å²) in [5, 5.41) is 44.4. The van der Waals surface area contributed by atoms with Crippen LogP contribution in [-0.2, 0) is 57.7 Å². The summed E-state index contributed by atoms with van der Waals surface area (Å²) in [6.07, 6.45) is -2.62. The Bertz CT molecular complexity index is 2660. The van der Waals surface area contributed by atoms with Crippen molar-refractivity contribution in [3.05, 3.63) is 82.5 Å². The molecule has 4 bridgehead atoms. The van der Waals surface area contributed by atoms with Gasteiger partial charge in [-0.3, -0.25) is 29.9 Å². The van der Waals surface area contributed by atoms with Crippen molar-refractivity contribution in [2.24, 2.45) is 17.3 Å². The summed E-state index contributed by atoms with van der Waals surface area (Å²) in [5.74, 6) is -4.43. The Kier molecular flexibility index (Phi) is 19.2. The molecule has 5 amide bonds. The highest BCUT2D eigenvalue weighted by Crippen LogP contribution is 2.61. The summed E-state index contributed by atoms with van der Waals surface area (Å²) in [7, 11) is 9.34. The van der Waals surface area contributed by atoms with Crippen molar-refractivity contribution >= 4 is 63.9 Å². The number of carbonyl (C=O) groups is 6. The number of benzene rings is 2. The quantitative estimate of drug-likeness (QED) is 0.0583.